The molecule has 1 fully saturated rings. The molecule has 0 radical (unpaired) electrons. The van der Waals surface area contributed by atoms with E-state index in [4.69, 9.17) is 23.2 Å². The van der Waals surface area contributed by atoms with Gasteiger partial charge >= 0.3 is 0 Å². The molecular weight excluding hydrogens is 289 g/mol. The van der Waals surface area contributed by atoms with Crippen LogP contribution in [-0.2, 0) is 0 Å². The fourth-order valence-electron chi connectivity index (χ4n) is 3.30. The molecule has 0 bridgehead atoms. The largest absolute Gasteiger partial charge is 0.316 e. The lowest BCUT2D eigenvalue weighted by atomic mass is 9.71. The van der Waals surface area contributed by atoms with Crippen molar-refractivity contribution in [3.63, 3.8) is 0 Å². The molecule has 3 atom stereocenters. The molecule has 1 aliphatic carbocycles. The molecule has 3 heteroatoms. The monoisotopic (exact) mass is 313 g/mol. The molecule has 1 aromatic carbocycles. The maximum Gasteiger partial charge on any atom is 0.0595 e. The van der Waals surface area contributed by atoms with Crippen LogP contribution in [0.15, 0.2) is 18.2 Å². The minimum Gasteiger partial charge on any atom is -0.316 e. The zero-order valence-corrected chi connectivity index (χ0v) is 14.0. The molecule has 0 aromatic heterocycles. The molecule has 1 nitrogen and oxygen atoms in total. The molecule has 0 heterocycles. The highest BCUT2D eigenvalue weighted by Gasteiger charge is 2.29. The zero-order chi connectivity index (χ0) is 14.5. The molecular formula is C17H25Cl2N. The Morgan fingerprint density at radius 3 is 2.70 bits per heavy atom. The summed E-state index contributed by atoms with van der Waals surface area (Å²) in [7, 11) is 0. The summed E-state index contributed by atoms with van der Waals surface area (Å²) in [5, 5.41) is 4.92. The van der Waals surface area contributed by atoms with Gasteiger partial charge in [0.2, 0.25) is 0 Å². The maximum absolute atomic E-state index is 6.20. The van der Waals surface area contributed by atoms with Crippen LogP contribution < -0.4 is 5.32 Å². The Morgan fingerprint density at radius 2 is 2.00 bits per heavy atom. The molecule has 1 aliphatic rings. The number of nitrogens with one attached hydrogen (secondary N) is 1. The standard InChI is InChI=1S/C17H25Cl2N/c1-3-8-20-11-14-5-4-12(2)9-15(14)13-6-7-16(18)17(19)10-13/h6-7,10,12,14-15,20H,3-5,8-9,11H2,1-2H3. The Labute approximate surface area is 133 Å². The van der Waals surface area contributed by atoms with Gasteiger partial charge in [-0.25, -0.2) is 0 Å². The minimum atomic E-state index is 0.609. The number of rotatable bonds is 5. The van der Waals surface area contributed by atoms with Gasteiger partial charge in [-0.1, -0.05) is 49.5 Å². The highest BCUT2D eigenvalue weighted by molar-refractivity contribution is 6.42. The van der Waals surface area contributed by atoms with Gasteiger partial charge in [0.15, 0.2) is 0 Å². The molecule has 2 rings (SSSR count). The predicted molar refractivity (Wildman–Crippen MR) is 88.9 cm³/mol. The fraction of sp³-hybridized carbons (Fsp3) is 0.647. The number of benzene rings is 1. The van der Waals surface area contributed by atoms with Gasteiger partial charge in [-0.05, 0) is 67.8 Å². The Morgan fingerprint density at radius 1 is 1.20 bits per heavy atom. The van der Waals surface area contributed by atoms with Crippen molar-refractivity contribution in [1.29, 1.82) is 0 Å². The molecule has 0 saturated heterocycles. The third-order valence-corrected chi connectivity index (χ3v) is 5.20. The van der Waals surface area contributed by atoms with Crippen LogP contribution in [0.1, 0.15) is 51.0 Å². The second-order valence-corrected chi connectivity index (χ2v) is 6.98. The van der Waals surface area contributed by atoms with Crippen molar-refractivity contribution in [3.05, 3.63) is 33.8 Å². The van der Waals surface area contributed by atoms with E-state index >= 15 is 0 Å². The van der Waals surface area contributed by atoms with Crippen LogP contribution >= 0.6 is 23.2 Å². The highest BCUT2D eigenvalue weighted by atomic mass is 35.5. The number of hydrogen-bond acceptors (Lipinski definition) is 1. The van der Waals surface area contributed by atoms with Crippen LogP contribution in [0.5, 0.6) is 0 Å². The third-order valence-electron chi connectivity index (χ3n) is 4.46. The van der Waals surface area contributed by atoms with Crippen molar-refractivity contribution in [1.82, 2.24) is 5.32 Å². The van der Waals surface area contributed by atoms with Gasteiger partial charge in [-0.3, -0.25) is 0 Å². The van der Waals surface area contributed by atoms with Crippen LogP contribution in [0.4, 0.5) is 0 Å². The quantitative estimate of drug-likeness (QED) is 0.706. The fourth-order valence-corrected chi connectivity index (χ4v) is 3.61. The minimum absolute atomic E-state index is 0.609. The van der Waals surface area contributed by atoms with Crippen molar-refractivity contribution >= 4 is 23.2 Å². The van der Waals surface area contributed by atoms with Gasteiger partial charge in [-0.2, -0.15) is 0 Å². The van der Waals surface area contributed by atoms with E-state index in [1.165, 1.54) is 31.2 Å². The molecule has 112 valence electrons. The SMILES string of the molecule is CCCNCC1CCC(C)CC1c1ccc(Cl)c(Cl)c1. The molecule has 0 aliphatic heterocycles. The van der Waals surface area contributed by atoms with E-state index in [1.54, 1.807) is 0 Å². The summed E-state index contributed by atoms with van der Waals surface area (Å²) in [6.07, 6.45) is 5.11. The topological polar surface area (TPSA) is 12.0 Å². The summed E-state index contributed by atoms with van der Waals surface area (Å²) < 4.78 is 0. The van der Waals surface area contributed by atoms with Gasteiger partial charge < -0.3 is 5.32 Å². The van der Waals surface area contributed by atoms with E-state index in [9.17, 15) is 0 Å². The van der Waals surface area contributed by atoms with Gasteiger partial charge in [0.1, 0.15) is 0 Å². The van der Waals surface area contributed by atoms with E-state index in [-0.39, 0.29) is 0 Å². The lowest BCUT2D eigenvalue weighted by molar-refractivity contribution is 0.242. The predicted octanol–water partition coefficient (Wildman–Crippen LogP) is 5.51. The molecule has 20 heavy (non-hydrogen) atoms. The summed E-state index contributed by atoms with van der Waals surface area (Å²) >= 11 is 12.2. The average molecular weight is 314 g/mol. The zero-order valence-electron chi connectivity index (χ0n) is 12.5. The number of halogens is 2. The summed E-state index contributed by atoms with van der Waals surface area (Å²) in [6, 6.07) is 6.16. The first-order chi connectivity index (χ1) is 9.61. The van der Waals surface area contributed by atoms with Crippen LogP contribution in [0.25, 0.3) is 0 Å². The molecule has 1 N–H and O–H groups in total. The molecule has 3 unspecified atom stereocenters. The van der Waals surface area contributed by atoms with Crippen molar-refractivity contribution in [2.24, 2.45) is 11.8 Å². The van der Waals surface area contributed by atoms with Crippen molar-refractivity contribution < 1.29 is 0 Å². The maximum atomic E-state index is 6.20. The van der Waals surface area contributed by atoms with Crippen LogP contribution in [-0.4, -0.2) is 13.1 Å². The Kier molecular flexibility index (Phi) is 6.20. The van der Waals surface area contributed by atoms with Crippen molar-refractivity contribution in [3.8, 4) is 0 Å². The molecule has 1 saturated carbocycles. The first kappa shape index (κ1) is 16.1. The van der Waals surface area contributed by atoms with Crippen LogP contribution in [0, 0.1) is 11.8 Å². The summed E-state index contributed by atoms with van der Waals surface area (Å²) in [5.74, 6) is 2.13. The van der Waals surface area contributed by atoms with Crippen molar-refractivity contribution in [2.45, 2.75) is 45.4 Å². The first-order valence-corrected chi connectivity index (χ1v) is 8.53. The highest BCUT2D eigenvalue weighted by Crippen LogP contribution is 2.41. The Hall–Kier alpha value is -0.240. The lowest BCUT2D eigenvalue weighted by Gasteiger charge is -2.35. The van der Waals surface area contributed by atoms with E-state index in [1.807, 2.05) is 6.07 Å². The summed E-state index contributed by atoms with van der Waals surface area (Å²) in [6.45, 7) is 6.80. The van der Waals surface area contributed by atoms with Gasteiger partial charge in [0.05, 0.1) is 10.0 Å². The normalized spacial score (nSPS) is 26.7. The molecule has 1 aromatic rings. The second kappa shape index (κ2) is 7.68. The lowest BCUT2D eigenvalue weighted by Crippen LogP contribution is -2.31. The first-order valence-electron chi connectivity index (χ1n) is 7.77. The average Bonchev–Trinajstić information content (AvgIpc) is 2.44. The van der Waals surface area contributed by atoms with Gasteiger partial charge in [0, 0.05) is 0 Å². The second-order valence-electron chi connectivity index (χ2n) is 6.16. The number of hydrogen-bond donors (Lipinski definition) is 1. The summed E-state index contributed by atoms with van der Waals surface area (Å²) in [4.78, 5) is 0. The summed E-state index contributed by atoms with van der Waals surface area (Å²) in [5.41, 5.74) is 1.36. The van der Waals surface area contributed by atoms with E-state index in [0.29, 0.717) is 16.0 Å². The third kappa shape index (κ3) is 4.13. The van der Waals surface area contributed by atoms with Crippen LogP contribution in [0.3, 0.4) is 0 Å². The Bertz CT molecular complexity index is 433. The molecule has 0 spiro atoms. The van der Waals surface area contributed by atoms with E-state index in [2.05, 4.69) is 31.3 Å². The Balaban J connectivity index is 2.12. The smallest absolute Gasteiger partial charge is 0.0595 e. The van der Waals surface area contributed by atoms with E-state index in [0.717, 1.165) is 24.9 Å². The van der Waals surface area contributed by atoms with Gasteiger partial charge in [-0.15, -0.1) is 0 Å². The van der Waals surface area contributed by atoms with Gasteiger partial charge in [0.25, 0.3) is 0 Å². The molecule has 0 amide bonds. The van der Waals surface area contributed by atoms with Crippen molar-refractivity contribution in [2.75, 3.05) is 13.1 Å². The van der Waals surface area contributed by atoms with E-state index < -0.39 is 0 Å². The van der Waals surface area contributed by atoms with Crippen LogP contribution in [0.2, 0.25) is 10.0 Å².